The van der Waals surface area contributed by atoms with Crippen molar-refractivity contribution >= 4 is 5.82 Å². The summed E-state index contributed by atoms with van der Waals surface area (Å²) >= 11 is 0. The molecule has 0 aliphatic rings. The number of nitrogens with one attached hydrogen (secondary N) is 1. The van der Waals surface area contributed by atoms with E-state index in [9.17, 15) is 4.79 Å². The monoisotopic (exact) mass is 219 g/mol. The topological polar surface area (TPSA) is 107 Å². The third-order valence-corrected chi connectivity index (χ3v) is 1.85. The molecule has 0 amide bonds. The highest BCUT2D eigenvalue weighted by Gasteiger charge is 2.04. The van der Waals surface area contributed by atoms with E-state index in [0.717, 1.165) is 0 Å². The molecule has 0 unspecified atom stereocenters. The maximum atomic E-state index is 11.2. The van der Waals surface area contributed by atoms with E-state index in [2.05, 4.69) is 20.2 Å². The van der Waals surface area contributed by atoms with Gasteiger partial charge in [0.1, 0.15) is 11.5 Å². The number of H-pyrrole nitrogens is 1. The van der Waals surface area contributed by atoms with Crippen molar-refractivity contribution in [1.29, 1.82) is 0 Å². The molecule has 16 heavy (non-hydrogen) atoms. The number of anilines is 1. The first-order chi connectivity index (χ1) is 7.69. The molecule has 0 spiro atoms. The van der Waals surface area contributed by atoms with Gasteiger partial charge < -0.3 is 15.5 Å². The second-order valence-corrected chi connectivity index (χ2v) is 2.98. The van der Waals surface area contributed by atoms with Crippen molar-refractivity contribution in [2.45, 2.75) is 0 Å². The molecule has 0 bridgehead atoms. The maximum Gasteiger partial charge on any atom is 0.253 e. The highest BCUT2D eigenvalue weighted by molar-refractivity contribution is 5.50. The third kappa shape index (κ3) is 1.97. The molecule has 0 fully saturated rings. The van der Waals surface area contributed by atoms with Crippen LogP contribution in [-0.2, 0) is 0 Å². The summed E-state index contributed by atoms with van der Waals surface area (Å²) in [5, 5.41) is 7.60. The Kier molecular flexibility index (Phi) is 2.50. The summed E-state index contributed by atoms with van der Waals surface area (Å²) in [5.41, 5.74) is 5.54. The van der Waals surface area contributed by atoms with Gasteiger partial charge in [0.15, 0.2) is 5.82 Å². The van der Waals surface area contributed by atoms with Gasteiger partial charge in [0.2, 0.25) is 5.88 Å². The summed E-state index contributed by atoms with van der Waals surface area (Å²) in [6.07, 6.45) is 0. The van der Waals surface area contributed by atoms with Crippen LogP contribution in [-0.4, -0.2) is 27.3 Å². The van der Waals surface area contributed by atoms with Crippen LogP contribution in [0.4, 0.5) is 5.82 Å². The Hall–Kier alpha value is -2.44. The first-order valence-electron chi connectivity index (χ1n) is 4.44. The second kappa shape index (κ2) is 3.97. The average Bonchev–Trinajstić information content (AvgIpc) is 2.28. The van der Waals surface area contributed by atoms with Crippen LogP contribution in [0.3, 0.4) is 0 Å². The van der Waals surface area contributed by atoms with E-state index in [4.69, 9.17) is 10.5 Å². The fourth-order valence-corrected chi connectivity index (χ4v) is 1.15. The molecule has 0 saturated heterocycles. The van der Waals surface area contributed by atoms with Gasteiger partial charge in [-0.1, -0.05) is 0 Å². The van der Waals surface area contributed by atoms with Crippen LogP contribution >= 0.6 is 0 Å². The lowest BCUT2D eigenvalue weighted by Gasteiger charge is -2.01. The number of aromatic amines is 1. The lowest BCUT2D eigenvalue weighted by Crippen LogP contribution is -2.10. The Labute approximate surface area is 90.3 Å². The van der Waals surface area contributed by atoms with Crippen LogP contribution in [0.15, 0.2) is 23.0 Å². The number of ether oxygens (including phenoxy) is 1. The fraction of sp³-hybridized carbons (Fsp3) is 0.111. The van der Waals surface area contributed by atoms with Gasteiger partial charge >= 0.3 is 0 Å². The molecule has 0 aliphatic carbocycles. The predicted octanol–water partition coefficient (Wildman–Crippen LogP) is -0.182. The van der Waals surface area contributed by atoms with Gasteiger partial charge in [-0.05, 0) is 6.07 Å². The second-order valence-electron chi connectivity index (χ2n) is 2.98. The average molecular weight is 219 g/mol. The van der Waals surface area contributed by atoms with Crippen LogP contribution in [0, 0.1) is 0 Å². The van der Waals surface area contributed by atoms with Gasteiger partial charge in [-0.3, -0.25) is 4.79 Å². The smallest absolute Gasteiger partial charge is 0.253 e. The summed E-state index contributed by atoms with van der Waals surface area (Å²) in [5.74, 6) is 0.798. The predicted molar refractivity (Wildman–Crippen MR) is 56.8 cm³/mol. The van der Waals surface area contributed by atoms with E-state index >= 15 is 0 Å². The molecular formula is C9H9N5O2. The van der Waals surface area contributed by atoms with Crippen LogP contribution in [0.25, 0.3) is 11.5 Å². The van der Waals surface area contributed by atoms with Crippen molar-refractivity contribution in [2.24, 2.45) is 0 Å². The molecule has 2 heterocycles. The van der Waals surface area contributed by atoms with Crippen molar-refractivity contribution < 1.29 is 4.74 Å². The Morgan fingerprint density at radius 2 is 2.19 bits per heavy atom. The normalized spacial score (nSPS) is 10.1. The number of nitrogens with zero attached hydrogens (tertiary/aromatic N) is 3. The number of rotatable bonds is 2. The minimum absolute atomic E-state index is 0.136. The Morgan fingerprint density at radius 3 is 2.75 bits per heavy atom. The van der Waals surface area contributed by atoms with Gasteiger partial charge in [0.05, 0.1) is 7.11 Å². The lowest BCUT2D eigenvalue weighted by atomic mass is 10.3. The van der Waals surface area contributed by atoms with Gasteiger partial charge in [-0.25, -0.2) is 4.98 Å². The molecule has 0 saturated carbocycles. The van der Waals surface area contributed by atoms with Gasteiger partial charge in [0.25, 0.3) is 5.56 Å². The van der Waals surface area contributed by atoms with E-state index < -0.39 is 0 Å². The van der Waals surface area contributed by atoms with Crippen LogP contribution in [0.2, 0.25) is 0 Å². The molecule has 0 aromatic carbocycles. The summed E-state index contributed by atoms with van der Waals surface area (Å²) in [6, 6.07) is 4.44. The zero-order valence-corrected chi connectivity index (χ0v) is 8.47. The molecule has 3 N–H and O–H groups in total. The van der Waals surface area contributed by atoms with Crippen LogP contribution < -0.4 is 16.0 Å². The fourth-order valence-electron chi connectivity index (χ4n) is 1.15. The Balaban J connectivity index is 2.46. The molecule has 0 atom stereocenters. The van der Waals surface area contributed by atoms with Gasteiger partial charge in [-0.2, -0.15) is 0 Å². The molecule has 7 heteroatoms. The molecule has 2 aromatic rings. The summed E-state index contributed by atoms with van der Waals surface area (Å²) < 4.78 is 4.86. The largest absolute Gasteiger partial charge is 0.480 e. The van der Waals surface area contributed by atoms with Crippen LogP contribution in [0.5, 0.6) is 5.88 Å². The molecule has 2 rings (SSSR count). The van der Waals surface area contributed by atoms with Crippen molar-refractivity contribution in [2.75, 3.05) is 12.8 Å². The van der Waals surface area contributed by atoms with Crippen LogP contribution in [0.1, 0.15) is 0 Å². The minimum atomic E-state index is -0.333. The van der Waals surface area contributed by atoms with Gasteiger partial charge in [-0.15, -0.1) is 10.2 Å². The van der Waals surface area contributed by atoms with E-state index in [-0.39, 0.29) is 17.2 Å². The number of aromatic nitrogens is 4. The molecule has 2 aromatic heterocycles. The van der Waals surface area contributed by atoms with Crippen molar-refractivity contribution in [3.8, 4) is 17.4 Å². The Morgan fingerprint density at radius 1 is 1.38 bits per heavy atom. The highest BCUT2D eigenvalue weighted by Crippen LogP contribution is 2.12. The molecule has 0 radical (unpaired) electrons. The summed E-state index contributed by atoms with van der Waals surface area (Å²) in [4.78, 5) is 17.6. The maximum absolute atomic E-state index is 11.2. The number of nitrogen functional groups attached to an aromatic ring is 1. The van der Waals surface area contributed by atoms with E-state index in [1.54, 1.807) is 12.1 Å². The number of hydrogen-bond donors (Lipinski definition) is 2. The third-order valence-electron chi connectivity index (χ3n) is 1.85. The number of hydrogen-bond acceptors (Lipinski definition) is 6. The summed E-state index contributed by atoms with van der Waals surface area (Å²) in [7, 11) is 1.49. The van der Waals surface area contributed by atoms with E-state index in [0.29, 0.717) is 11.6 Å². The number of nitrogens with two attached hydrogens (primary N) is 1. The molecule has 7 nitrogen and oxygen atoms in total. The first-order valence-corrected chi connectivity index (χ1v) is 4.44. The van der Waals surface area contributed by atoms with E-state index in [1.807, 2.05) is 0 Å². The number of methoxy groups -OCH3 is 1. The SMILES string of the molecule is COc1ccc(-c2nc(N)cc(=O)[nH]2)nn1. The van der Waals surface area contributed by atoms with Crippen molar-refractivity contribution in [1.82, 2.24) is 20.2 Å². The summed E-state index contributed by atoms with van der Waals surface area (Å²) in [6.45, 7) is 0. The molecular weight excluding hydrogens is 210 g/mol. The van der Waals surface area contributed by atoms with Crippen molar-refractivity contribution in [3.05, 3.63) is 28.6 Å². The highest BCUT2D eigenvalue weighted by atomic mass is 16.5. The zero-order valence-electron chi connectivity index (χ0n) is 8.47. The first kappa shape index (κ1) is 10.1. The molecule has 82 valence electrons. The molecule has 0 aliphatic heterocycles. The standard InChI is InChI=1S/C9H9N5O2/c1-16-8-3-2-5(13-14-8)9-11-6(10)4-7(15)12-9/h2-4H,1H3,(H3,10,11,12,15). The minimum Gasteiger partial charge on any atom is -0.480 e. The van der Waals surface area contributed by atoms with Crippen molar-refractivity contribution in [3.63, 3.8) is 0 Å². The zero-order chi connectivity index (χ0) is 11.5. The van der Waals surface area contributed by atoms with E-state index in [1.165, 1.54) is 13.2 Å². The Bertz CT molecular complexity index is 549. The lowest BCUT2D eigenvalue weighted by molar-refractivity contribution is 0.392. The quantitative estimate of drug-likeness (QED) is 0.725. The van der Waals surface area contributed by atoms with Gasteiger partial charge in [0, 0.05) is 12.1 Å².